The van der Waals surface area contributed by atoms with E-state index in [1.165, 1.54) is 5.56 Å². The Kier molecular flexibility index (Phi) is 7.60. The molecule has 1 atom stereocenters. The Morgan fingerprint density at radius 1 is 1.21 bits per heavy atom. The quantitative estimate of drug-likeness (QED) is 0.738. The van der Waals surface area contributed by atoms with Crippen LogP contribution in [0.4, 0.5) is 10.5 Å². The predicted molar refractivity (Wildman–Crippen MR) is 101 cm³/mol. The molecule has 1 amide bonds. The number of carbonyl (C=O) groups excluding carboxylic acids is 2. The molecule has 0 spiro atoms. The second-order valence-corrected chi connectivity index (χ2v) is 7.43. The van der Waals surface area contributed by atoms with Crippen molar-refractivity contribution in [3.63, 3.8) is 0 Å². The molecule has 0 radical (unpaired) electrons. The van der Waals surface area contributed by atoms with Gasteiger partial charge in [-0.05, 0) is 57.7 Å². The number of alkyl carbamates (subject to hydrolysis) is 1. The standard InChI is InChI=1S/C18H28N2O3S/c1-18(2,3)23-17(22)19-15(16(21)24)8-6-7-13-9-11-14(12-10-13)20(4)5/h9-12,15H,6-8H2,1-5H3,(H,19,22)(H,21,24)/t15-/m0/s1. The first-order valence-corrected chi connectivity index (χ1v) is 8.52. The van der Waals surface area contributed by atoms with Gasteiger partial charge in [-0.2, -0.15) is 0 Å². The lowest BCUT2D eigenvalue weighted by Gasteiger charge is -2.22. The monoisotopic (exact) mass is 352 g/mol. The van der Waals surface area contributed by atoms with Crippen molar-refractivity contribution >= 4 is 29.5 Å². The number of aryl methyl sites for hydroxylation is 1. The summed E-state index contributed by atoms with van der Waals surface area (Å²) < 4.78 is 5.18. The summed E-state index contributed by atoms with van der Waals surface area (Å²) in [6.07, 6.45) is 1.54. The van der Waals surface area contributed by atoms with E-state index in [-0.39, 0.29) is 5.12 Å². The fourth-order valence-corrected chi connectivity index (χ4v) is 2.37. The SMILES string of the molecule is CN(C)c1ccc(CCC[C@H](NC(=O)OC(C)(C)C)C(=O)S)cc1. The van der Waals surface area contributed by atoms with Gasteiger partial charge in [-0.15, -0.1) is 12.6 Å². The minimum atomic E-state index is -0.635. The summed E-state index contributed by atoms with van der Waals surface area (Å²) in [5.41, 5.74) is 1.75. The third-order valence-electron chi connectivity index (χ3n) is 3.40. The van der Waals surface area contributed by atoms with Crippen molar-refractivity contribution in [1.82, 2.24) is 5.32 Å². The van der Waals surface area contributed by atoms with Crippen LogP contribution in [0.3, 0.4) is 0 Å². The number of amides is 1. The van der Waals surface area contributed by atoms with Crippen LogP contribution in [0.2, 0.25) is 0 Å². The van der Waals surface area contributed by atoms with Crippen LogP contribution in [-0.4, -0.2) is 36.9 Å². The second kappa shape index (κ2) is 8.97. The van der Waals surface area contributed by atoms with Gasteiger partial charge >= 0.3 is 6.09 Å². The maximum atomic E-state index is 11.8. The molecule has 1 N–H and O–H groups in total. The highest BCUT2D eigenvalue weighted by atomic mass is 32.1. The molecule has 24 heavy (non-hydrogen) atoms. The van der Waals surface area contributed by atoms with Gasteiger partial charge in [0, 0.05) is 19.8 Å². The Bertz CT molecular complexity index is 550. The molecule has 6 heteroatoms. The lowest BCUT2D eigenvalue weighted by molar-refractivity contribution is -0.112. The molecule has 134 valence electrons. The Labute approximate surface area is 150 Å². The van der Waals surface area contributed by atoms with Gasteiger partial charge in [0.2, 0.25) is 5.12 Å². The number of rotatable bonds is 7. The first kappa shape index (κ1) is 20.4. The second-order valence-electron chi connectivity index (χ2n) is 6.99. The summed E-state index contributed by atoms with van der Waals surface area (Å²) >= 11 is 3.86. The fraction of sp³-hybridized carbons (Fsp3) is 0.556. The zero-order valence-corrected chi connectivity index (χ0v) is 16.0. The summed E-state index contributed by atoms with van der Waals surface area (Å²) in [6.45, 7) is 5.34. The Morgan fingerprint density at radius 3 is 2.25 bits per heavy atom. The van der Waals surface area contributed by atoms with Gasteiger partial charge in [0.1, 0.15) is 11.6 Å². The highest BCUT2D eigenvalue weighted by Crippen LogP contribution is 2.15. The number of nitrogens with zero attached hydrogens (tertiary/aromatic N) is 1. The van der Waals surface area contributed by atoms with Crippen LogP contribution in [0.1, 0.15) is 39.2 Å². The summed E-state index contributed by atoms with van der Waals surface area (Å²) in [6, 6.07) is 7.65. The predicted octanol–water partition coefficient (Wildman–Crippen LogP) is 3.43. The average Bonchev–Trinajstić information content (AvgIpc) is 2.44. The molecule has 1 aromatic rings. The zero-order valence-electron chi connectivity index (χ0n) is 15.1. The largest absolute Gasteiger partial charge is 0.444 e. The van der Waals surface area contributed by atoms with Crippen molar-refractivity contribution in [1.29, 1.82) is 0 Å². The van der Waals surface area contributed by atoms with Gasteiger partial charge < -0.3 is 15.0 Å². The van der Waals surface area contributed by atoms with Crippen molar-refractivity contribution in [3.8, 4) is 0 Å². The van der Waals surface area contributed by atoms with Crippen molar-refractivity contribution in [2.45, 2.75) is 51.7 Å². The number of carbonyl (C=O) groups is 2. The van der Waals surface area contributed by atoms with Crippen LogP contribution in [-0.2, 0) is 16.0 Å². The first-order valence-electron chi connectivity index (χ1n) is 8.07. The molecule has 5 nitrogen and oxygen atoms in total. The van der Waals surface area contributed by atoms with Gasteiger partial charge in [-0.25, -0.2) is 4.79 Å². The molecule has 0 saturated heterocycles. The molecule has 0 heterocycles. The molecule has 1 rings (SSSR count). The van der Waals surface area contributed by atoms with Gasteiger partial charge in [0.05, 0.1) is 0 Å². The molecular formula is C18H28N2O3S. The molecule has 0 bridgehead atoms. The minimum Gasteiger partial charge on any atom is -0.444 e. The Morgan fingerprint density at radius 2 is 1.79 bits per heavy atom. The maximum absolute atomic E-state index is 11.8. The van der Waals surface area contributed by atoms with Crippen molar-refractivity contribution in [2.75, 3.05) is 19.0 Å². The van der Waals surface area contributed by atoms with Crippen molar-refractivity contribution < 1.29 is 14.3 Å². The normalized spacial score (nSPS) is 12.4. The number of hydrogen-bond donors (Lipinski definition) is 2. The number of thiol groups is 1. The molecule has 0 aliphatic heterocycles. The summed E-state index contributed by atoms with van der Waals surface area (Å²) in [7, 11) is 4.00. The lowest BCUT2D eigenvalue weighted by Crippen LogP contribution is -2.42. The van der Waals surface area contributed by atoms with Crippen LogP contribution < -0.4 is 10.2 Å². The third-order valence-corrected chi connectivity index (χ3v) is 3.71. The summed E-state index contributed by atoms with van der Waals surface area (Å²) in [5, 5.41) is 2.23. The first-order chi connectivity index (χ1) is 11.1. The maximum Gasteiger partial charge on any atom is 0.408 e. The summed E-state index contributed by atoms with van der Waals surface area (Å²) in [4.78, 5) is 25.4. The highest BCUT2D eigenvalue weighted by molar-refractivity contribution is 7.96. The van der Waals surface area contributed by atoms with E-state index in [1.807, 2.05) is 19.0 Å². The van der Waals surface area contributed by atoms with E-state index in [2.05, 4.69) is 42.2 Å². The number of anilines is 1. The highest BCUT2D eigenvalue weighted by Gasteiger charge is 2.22. The van der Waals surface area contributed by atoms with Crippen LogP contribution in [0.5, 0.6) is 0 Å². The van der Waals surface area contributed by atoms with E-state index in [0.29, 0.717) is 6.42 Å². The molecule has 0 fully saturated rings. The van der Waals surface area contributed by atoms with Crippen LogP contribution >= 0.6 is 12.6 Å². The van der Waals surface area contributed by atoms with Crippen molar-refractivity contribution in [3.05, 3.63) is 29.8 Å². The van der Waals surface area contributed by atoms with E-state index < -0.39 is 17.7 Å². The van der Waals surface area contributed by atoms with E-state index in [4.69, 9.17) is 4.74 Å². The van der Waals surface area contributed by atoms with Gasteiger partial charge in [-0.3, -0.25) is 4.79 Å². The van der Waals surface area contributed by atoms with E-state index in [1.54, 1.807) is 20.8 Å². The Hall–Kier alpha value is -1.69. The molecular weight excluding hydrogens is 324 g/mol. The number of benzene rings is 1. The molecule has 0 saturated carbocycles. The van der Waals surface area contributed by atoms with Crippen molar-refractivity contribution in [2.24, 2.45) is 0 Å². The van der Waals surface area contributed by atoms with Gasteiger partial charge in [0.25, 0.3) is 0 Å². The zero-order chi connectivity index (χ0) is 18.3. The third kappa shape index (κ3) is 7.73. The van der Waals surface area contributed by atoms with E-state index in [0.717, 1.165) is 18.5 Å². The summed E-state index contributed by atoms with van der Waals surface area (Å²) in [5.74, 6) is 0. The van der Waals surface area contributed by atoms with Gasteiger partial charge in [-0.1, -0.05) is 12.1 Å². The van der Waals surface area contributed by atoms with Crippen LogP contribution in [0, 0.1) is 0 Å². The smallest absolute Gasteiger partial charge is 0.408 e. The average molecular weight is 352 g/mol. The molecule has 0 unspecified atom stereocenters. The van der Waals surface area contributed by atoms with E-state index in [9.17, 15) is 9.59 Å². The van der Waals surface area contributed by atoms with Crippen LogP contribution in [0.25, 0.3) is 0 Å². The Balaban J connectivity index is 2.49. The molecule has 0 aliphatic carbocycles. The lowest BCUT2D eigenvalue weighted by atomic mass is 10.0. The van der Waals surface area contributed by atoms with E-state index >= 15 is 0 Å². The molecule has 0 aromatic heterocycles. The fourth-order valence-electron chi connectivity index (χ4n) is 2.18. The van der Waals surface area contributed by atoms with Gasteiger partial charge in [0.15, 0.2) is 0 Å². The number of hydrogen-bond acceptors (Lipinski definition) is 4. The number of ether oxygens (including phenoxy) is 1. The number of nitrogens with one attached hydrogen (secondary N) is 1. The van der Waals surface area contributed by atoms with Crippen LogP contribution in [0.15, 0.2) is 24.3 Å². The minimum absolute atomic E-state index is 0.358. The molecule has 1 aromatic carbocycles. The molecule has 0 aliphatic rings. The topological polar surface area (TPSA) is 58.6 Å².